The van der Waals surface area contributed by atoms with Crippen molar-refractivity contribution in [2.75, 3.05) is 17.8 Å². The van der Waals surface area contributed by atoms with Gasteiger partial charge in [0.05, 0.1) is 23.6 Å². The number of aryl methyl sites for hydroxylation is 1. The lowest BCUT2D eigenvalue weighted by molar-refractivity contribution is 0.135. The second-order valence-corrected chi connectivity index (χ2v) is 8.47. The summed E-state index contributed by atoms with van der Waals surface area (Å²) in [4.78, 5) is 4.17. The van der Waals surface area contributed by atoms with Crippen molar-refractivity contribution in [3.63, 3.8) is 0 Å². The van der Waals surface area contributed by atoms with E-state index in [0.29, 0.717) is 11.6 Å². The van der Waals surface area contributed by atoms with Crippen molar-refractivity contribution in [2.45, 2.75) is 37.8 Å². The van der Waals surface area contributed by atoms with Crippen LogP contribution in [-0.4, -0.2) is 39.8 Å². The molecule has 1 aromatic carbocycles. The molecule has 0 saturated heterocycles. The second-order valence-electron chi connectivity index (χ2n) is 8.47. The molecule has 0 atom stereocenters. The molecule has 4 rings (SSSR count). The van der Waals surface area contributed by atoms with E-state index in [4.69, 9.17) is 22.2 Å². The summed E-state index contributed by atoms with van der Waals surface area (Å²) < 4.78 is 37.4. The Balaban J connectivity index is 1.59. The molecule has 35 heavy (non-hydrogen) atoms. The molecule has 1 fully saturated rings. The number of rotatable bonds is 6. The third-order valence-corrected chi connectivity index (χ3v) is 6.21. The Hall–Kier alpha value is -3.77. The van der Waals surface area contributed by atoms with E-state index < -0.39 is 11.6 Å². The second kappa shape index (κ2) is 10.2. The summed E-state index contributed by atoms with van der Waals surface area (Å²) in [6, 6.07) is 4.72. The van der Waals surface area contributed by atoms with Crippen LogP contribution in [0, 0.1) is 11.6 Å². The largest absolute Gasteiger partial charge is 0.487 e. The van der Waals surface area contributed by atoms with Crippen LogP contribution < -0.4 is 32.5 Å². The topological polar surface area (TPSA) is 146 Å². The number of halogens is 2. The summed E-state index contributed by atoms with van der Waals surface area (Å²) in [5.41, 5.74) is 7.43. The minimum atomic E-state index is -1.19. The quantitative estimate of drug-likeness (QED) is 0.180. The lowest BCUT2D eigenvalue weighted by Gasteiger charge is -2.29. The standard InChI is InChI=1S/C23H29F2N9O/c1-29-15-3-5-16(6-4-15)35-19-8-7-18(20(24)21(19)25)34(28)23(32-27)17-9-13(10-30-22(17)26)14-11-31-33(2)12-14/h7-12,15-16,29H,3-6,27-28H2,1-2H3,(H2,26,30)/b32-23-. The highest BCUT2D eigenvalue weighted by Crippen LogP contribution is 2.32. The van der Waals surface area contributed by atoms with Crippen LogP contribution in [0.4, 0.5) is 20.3 Å². The van der Waals surface area contributed by atoms with Crippen LogP contribution in [0.3, 0.4) is 0 Å². The number of anilines is 2. The number of nitrogens with two attached hydrogens (primary N) is 3. The van der Waals surface area contributed by atoms with Gasteiger partial charge in [0.2, 0.25) is 5.82 Å². The normalized spacial score (nSPS) is 18.5. The summed E-state index contributed by atoms with van der Waals surface area (Å²) in [6.45, 7) is 0. The molecule has 0 spiro atoms. The Morgan fingerprint density at radius 1 is 1.17 bits per heavy atom. The molecule has 2 heterocycles. The molecule has 1 saturated carbocycles. The van der Waals surface area contributed by atoms with Crippen molar-refractivity contribution < 1.29 is 13.5 Å². The van der Waals surface area contributed by atoms with Gasteiger partial charge in [0, 0.05) is 36.6 Å². The number of pyridine rings is 1. The molecular weight excluding hydrogens is 456 g/mol. The molecule has 0 aliphatic heterocycles. The van der Waals surface area contributed by atoms with Crippen LogP contribution >= 0.6 is 0 Å². The van der Waals surface area contributed by atoms with Gasteiger partial charge < -0.3 is 21.6 Å². The van der Waals surface area contributed by atoms with Gasteiger partial charge in [-0.15, -0.1) is 0 Å². The molecular formula is C23H29F2N9O. The number of hydrazone groups is 1. The van der Waals surface area contributed by atoms with Gasteiger partial charge in [0.1, 0.15) is 5.82 Å². The first-order chi connectivity index (χ1) is 16.8. The predicted octanol–water partition coefficient (Wildman–Crippen LogP) is 2.25. The number of nitrogen functional groups attached to an aromatic ring is 1. The van der Waals surface area contributed by atoms with E-state index >= 15 is 4.39 Å². The maximum atomic E-state index is 15.1. The molecule has 0 radical (unpaired) electrons. The van der Waals surface area contributed by atoms with E-state index in [-0.39, 0.29) is 34.8 Å². The molecule has 7 N–H and O–H groups in total. The maximum absolute atomic E-state index is 15.1. The molecule has 10 nitrogen and oxygen atoms in total. The molecule has 0 bridgehead atoms. The van der Waals surface area contributed by atoms with E-state index in [0.717, 1.165) is 36.3 Å². The zero-order chi connectivity index (χ0) is 25.1. The van der Waals surface area contributed by atoms with E-state index in [1.807, 2.05) is 7.05 Å². The summed E-state index contributed by atoms with van der Waals surface area (Å²) >= 11 is 0. The highest BCUT2D eigenvalue weighted by molar-refractivity contribution is 6.12. The zero-order valence-electron chi connectivity index (χ0n) is 19.6. The fourth-order valence-electron chi connectivity index (χ4n) is 4.21. The van der Waals surface area contributed by atoms with Crippen molar-refractivity contribution in [1.29, 1.82) is 0 Å². The number of amidine groups is 1. The van der Waals surface area contributed by atoms with Gasteiger partial charge in [-0.1, -0.05) is 0 Å². The number of nitrogens with one attached hydrogen (secondary N) is 1. The molecule has 3 aromatic rings. The van der Waals surface area contributed by atoms with Gasteiger partial charge in [-0.25, -0.2) is 15.2 Å². The third-order valence-electron chi connectivity index (χ3n) is 6.21. The smallest absolute Gasteiger partial charge is 0.202 e. The van der Waals surface area contributed by atoms with Crippen molar-refractivity contribution in [2.24, 2.45) is 23.8 Å². The van der Waals surface area contributed by atoms with Crippen LogP contribution in [0.2, 0.25) is 0 Å². The Morgan fingerprint density at radius 3 is 2.54 bits per heavy atom. The first kappa shape index (κ1) is 24.4. The number of hydrazine groups is 1. The van der Waals surface area contributed by atoms with Gasteiger partial charge in [0.15, 0.2) is 17.4 Å². The summed E-state index contributed by atoms with van der Waals surface area (Å²) in [6.07, 6.45) is 8.12. The van der Waals surface area contributed by atoms with Crippen molar-refractivity contribution in [3.05, 3.63) is 54.0 Å². The van der Waals surface area contributed by atoms with Crippen LogP contribution in [0.1, 0.15) is 31.2 Å². The highest BCUT2D eigenvalue weighted by Gasteiger charge is 2.26. The average Bonchev–Trinajstić information content (AvgIpc) is 3.30. The highest BCUT2D eigenvalue weighted by atomic mass is 19.2. The first-order valence-electron chi connectivity index (χ1n) is 11.2. The molecule has 1 aliphatic carbocycles. The fraction of sp³-hybridized carbons (Fsp3) is 0.348. The van der Waals surface area contributed by atoms with E-state index in [2.05, 4.69) is 20.5 Å². The van der Waals surface area contributed by atoms with Crippen LogP contribution in [0.5, 0.6) is 5.75 Å². The Bertz CT molecular complexity index is 1220. The molecule has 186 valence electrons. The molecule has 12 heteroatoms. The van der Waals surface area contributed by atoms with Crippen LogP contribution in [0.25, 0.3) is 11.1 Å². The maximum Gasteiger partial charge on any atom is 0.202 e. The van der Waals surface area contributed by atoms with E-state index in [1.54, 1.807) is 36.4 Å². The number of hydrogen-bond acceptors (Lipinski definition) is 8. The van der Waals surface area contributed by atoms with Crippen LogP contribution in [-0.2, 0) is 7.05 Å². The van der Waals surface area contributed by atoms with Gasteiger partial charge in [-0.2, -0.15) is 14.6 Å². The molecule has 1 aliphatic rings. The fourth-order valence-corrected chi connectivity index (χ4v) is 4.21. The van der Waals surface area contributed by atoms with E-state index in [1.165, 1.54) is 12.1 Å². The predicted molar refractivity (Wildman–Crippen MR) is 130 cm³/mol. The Morgan fingerprint density at radius 2 is 1.91 bits per heavy atom. The van der Waals surface area contributed by atoms with Gasteiger partial charge in [-0.05, 0) is 50.9 Å². The van der Waals surface area contributed by atoms with Gasteiger partial charge in [0.25, 0.3) is 0 Å². The Kier molecular flexibility index (Phi) is 7.12. The lowest BCUT2D eigenvalue weighted by atomic mass is 9.93. The summed E-state index contributed by atoms with van der Waals surface area (Å²) in [5.74, 6) is 9.21. The minimum absolute atomic E-state index is 0.0651. The SMILES string of the molecule is CNC1CCC(Oc2ccc(N(N)/C(=N\N)c3cc(-c4cnn(C)c4)cnc3N)c(F)c2F)CC1. The number of benzene rings is 1. The number of nitrogens with zero attached hydrogens (tertiary/aromatic N) is 5. The van der Waals surface area contributed by atoms with Gasteiger partial charge in [-0.3, -0.25) is 9.69 Å². The van der Waals surface area contributed by atoms with Gasteiger partial charge >= 0.3 is 0 Å². The summed E-state index contributed by atoms with van der Waals surface area (Å²) in [5, 5.41) is 11.9. The lowest BCUT2D eigenvalue weighted by Crippen LogP contribution is -2.40. The molecule has 2 aromatic heterocycles. The van der Waals surface area contributed by atoms with Crippen LogP contribution in [0.15, 0.2) is 41.9 Å². The number of hydrogen-bond donors (Lipinski definition) is 4. The Labute approximate surface area is 201 Å². The first-order valence-corrected chi connectivity index (χ1v) is 11.2. The van der Waals surface area contributed by atoms with Crippen molar-refractivity contribution in [1.82, 2.24) is 20.1 Å². The molecule has 0 amide bonds. The number of aromatic nitrogens is 3. The minimum Gasteiger partial charge on any atom is -0.487 e. The van der Waals surface area contributed by atoms with Crippen molar-refractivity contribution in [3.8, 4) is 16.9 Å². The summed E-state index contributed by atoms with van der Waals surface area (Å²) in [7, 11) is 3.69. The number of ether oxygens (including phenoxy) is 1. The molecule has 0 unspecified atom stereocenters. The monoisotopic (exact) mass is 485 g/mol. The third kappa shape index (κ3) is 5.03. The van der Waals surface area contributed by atoms with E-state index in [9.17, 15) is 4.39 Å². The van der Waals surface area contributed by atoms with Crippen molar-refractivity contribution >= 4 is 17.3 Å². The zero-order valence-corrected chi connectivity index (χ0v) is 19.6. The average molecular weight is 486 g/mol.